The van der Waals surface area contributed by atoms with Gasteiger partial charge in [-0.2, -0.15) is 0 Å². The minimum Gasteiger partial charge on any atom is -0.303 e. The maximum Gasteiger partial charge on any atom is 0.124 e. The van der Waals surface area contributed by atoms with E-state index in [9.17, 15) is 4.79 Å². The van der Waals surface area contributed by atoms with Crippen LogP contribution in [0, 0.1) is 0 Å². The molecule has 1 aromatic carbocycles. The highest BCUT2D eigenvalue weighted by Gasteiger charge is 1.96. The lowest BCUT2D eigenvalue weighted by Crippen LogP contribution is -1.92. The van der Waals surface area contributed by atoms with Gasteiger partial charge in [0.25, 0.3) is 0 Å². The van der Waals surface area contributed by atoms with Crippen LogP contribution in [0.4, 0.5) is 0 Å². The van der Waals surface area contributed by atoms with Crippen LogP contribution in [0.1, 0.15) is 18.1 Å². The van der Waals surface area contributed by atoms with Crippen LogP contribution in [0.3, 0.4) is 0 Å². The van der Waals surface area contributed by atoms with Crippen LogP contribution >= 0.6 is 0 Å². The van der Waals surface area contributed by atoms with Crippen molar-refractivity contribution in [1.29, 1.82) is 0 Å². The summed E-state index contributed by atoms with van der Waals surface area (Å²) in [6.07, 6.45) is 2.50. The highest BCUT2D eigenvalue weighted by Crippen LogP contribution is 2.08. The third-order valence-electron chi connectivity index (χ3n) is 1.80. The molecule has 0 spiro atoms. The molecule has 0 unspecified atom stereocenters. The van der Waals surface area contributed by atoms with E-state index in [0.717, 1.165) is 18.3 Å². The van der Waals surface area contributed by atoms with Crippen molar-refractivity contribution in [2.75, 3.05) is 0 Å². The van der Waals surface area contributed by atoms with Gasteiger partial charge in [0.2, 0.25) is 0 Å². The number of hydrogen-bond acceptors (Lipinski definition) is 1. The molecule has 11 heavy (non-hydrogen) atoms. The number of benzene rings is 1. The Morgan fingerprint density at radius 3 is 2.45 bits per heavy atom. The predicted molar refractivity (Wildman–Crippen MR) is 45.6 cm³/mol. The van der Waals surface area contributed by atoms with Crippen molar-refractivity contribution in [2.45, 2.75) is 19.8 Å². The Morgan fingerprint density at radius 1 is 1.27 bits per heavy atom. The molecular formula is C10H12O. The van der Waals surface area contributed by atoms with E-state index in [1.807, 2.05) is 18.2 Å². The van der Waals surface area contributed by atoms with Gasteiger partial charge in [-0.25, -0.2) is 0 Å². The summed E-state index contributed by atoms with van der Waals surface area (Å²) in [6, 6.07) is 8.05. The second-order valence-electron chi connectivity index (χ2n) is 2.49. The van der Waals surface area contributed by atoms with E-state index in [1.54, 1.807) is 0 Å². The lowest BCUT2D eigenvalue weighted by atomic mass is 10.0. The van der Waals surface area contributed by atoms with Crippen LogP contribution in [0.15, 0.2) is 24.3 Å². The number of carbonyl (C=O) groups is 1. The first-order valence-corrected chi connectivity index (χ1v) is 3.89. The maximum atomic E-state index is 10.2. The third kappa shape index (κ3) is 1.90. The summed E-state index contributed by atoms with van der Waals surface area (Å²) in [5.41, 5.74) is 2.43. The van der Waals surface area contributed by atoms with E-state index in [-0.39, 0.29) is 0 Å². The molecule has 0 aliphatic carbocycles. The standard InChI is InChI=1S/C10H12O/c1-2-9-5-3-4-6-10(9)7-8-11/h3-6,8H,2,7H2,1H3. The zero-order valence-electron chi connectivity index (χ0n) is 6.71. The fourth-order valence-electron chi connectivity index (χ4n) is 1.19. The molecule has 0 saturated heterocycles. The fraction of sp³-hybridized carbons (Fsp3) is 0.300. The van der Waals surface area contributed by atoms with Gasteiger partial charge in [0.1, 0.15) is 6.29 Å². The molecule has 1 rings (SSSR count). The summed E-state index contributed by atoms with van der Waals surface area (Å²) >= 11 is 0. The number of aryl methyl sites for hydroxylation is 1. The SMILES string of the molecule is CCc1ccccc1CC=O. The van der Waals surface area contributed by atoms with Crippen molar-refractivity contribution in [3.05, 3.63) is 35.4 Å². The summed E-state index contributed by atoms with van der Waals surface area (Å²) in [5.74, 6) is 0. The van der Waals surface area contributed by atoms with Crippen molar-refractivity contribution >= 4 is 6.29 Å². The zero-order chi connectivity index (χ0) is 8.10. The Bertz CT molecular complexity index is 240. The van der Waals surface area contributed by atoms with Crippen LogP contribution in [-0.2, 0) is 17.6 Å². The Balaban J connectivity index is 2.92. The minimum atomic E-state index is 0.546. The van der Waals surface area contributed by atoms with E-state index in [4.69, 9.17) is 0 Å². The Hall–Kier alpha value is -1.11. The van der Waals surface area contributed by atoms with Gasteiger partial charge in [0.15, 0.2) is 0 Å². The van der Waals surface area contributed by atoms with Crippen molar-refractivity contribution in [1.82, 2.24) is 0 Å². The van der Waals surface area contributed by atoms with Gasteiger partial charge < -0.3 is 4.79 Å². The van der Waals surface area contributed by atoms with Crippen LogP contribution in [-0.4, -0.2) is 6.29 Å². The Labute approximate surface area is 67.1 Å². The topological polar surface area (TPSA) is 17.1 Å². The van der Waals surface area contributed by atoms with Gasteiger partial charge >= 0.3 is 0 Å². The molecule has 0 atom stereocenters. The van der Waals surface area contributed by atoms with E-state index in [2.05, 4.69) is 13.0 Å². The minimum absolute atomic E-state index is 0.546. The smallest absolute Gasteiger partial charge is 0.124 e. The normalized spacial score (nSPS) is 9.55. The average Bonchev–Trinajstić information content (AvgIpc) is 2.06. The first kappa shape index (κ1) is 7.99. The molecule has 0 heterocycles. The van der Waals surface area contributed by atoms with Crippen LogP contribution in [0.25, 0.3) is 0 Å². The number of carbonyl (C=O) groups excluding carboxylic acids is 1. The van der Waals surface area contributed by atoms with Crippen molar-refractivity contribution in [2.24, 2.45) is 0 Å². The van der Waals surface area contributed by atoms with Gasteiger partial charge in [-0.3, -0.25) is 0 Å². The van der Waals surface area contributed by atoms with E-state index in [0.29, 0.717) is 6.42 Å². The maximum absolute atomic E-state index is 10.2. The number of rotatable bonds is 3. The molecule has 0 aliphatic heterocycles. The molecule has 0 amide bonds. The molecular weight excluding hydrogens is 136 g/mol. The monoisotopic (exact) mass is 148 g/mol. The van der Waals surface area contributed by atoms with Gasteiger partial charge in [0.05, 0.1) is 0 Å². The molecule has 0 radical (unpaired) electrons. The van der Waals surface area contributed by atoms with Gasteiger partial charge in [0, 0.05) is 6.42 Å². The van der Waals surface area contributed by atoms with Crippen molar-refractivity contribution < 1.29 is 4.79 Å². The summed E-state index contributed by atoms with van der Waals surface area (Å²) in [4.78, 5) is 10.2. The second kappa shape index (κ2) is 3.91. The lowest BCUT2D eigenvalue weighted by molar-refractivity contribution is -0.107. The molecule has 58 valence electrons. The molecule has 0 N–H and O–H groups in total. The van der Waals surface area contributed by atoms with Crippen molar-refractivity contribution in [3.63, 3.8) is 0 Å². The predicted octanol–water partition coefficient (Wildman–Crippen LogP) is 1.99. The molecule has 0 fully saturated rings. The van der Waals surface area contributed by atoms with Crippen LogP contribution in [0.2, 0.25) is 0 Å². The van der Waals surface area contributed by atoms with Crippen LogP contribution in [0.5, 0.6) is 0 Å². The zero-order valence-corrected chi connectivity index (χ0v) is 6.71. The summed E-state index contributed by atoms with van der Waals surface area (Å²) in [7, 11) is 0. The summed E-state index contributed by atoms with van der Waals surface area (Å²) < 4.78 is 0. The molecule has 1 aromatic rings. The van der Waals surface area contributed by atoms with Gasteiger partial charge in [-0.05, 0) is 17.5 Å². The molecule has 0 bridgehead atoms. The summed E-state index contributed by atoms with van der Waals surface area (Å²) in [6.45, 7) is 2.10. The van der Waals surface area contributed by atoms with Gasteiger partial charge in [-0.1, -0.05) is 31.2 Å². The third-order valence-corrected chi connectivity index (χ3v) is 1.80. The number of aldehydes is 1. The first-order chi connectivity index (χ1) is 5.38. The molecule has 0 saturated carbocycles. The average molecular weight is 148 g/mol. The largest absolute Gasteiger partial charge is 0.303 e. The molecule has 0 aromatic heterocycles. The Morgan fingerprint density at radius 2 is 1.91 bits per heavy atom. The highest BCUT2D eigenvalue weighted by atomic mass is 16.1. The molecule has 1 nitrogen and oxygen atoms in total. The first-order valence-electron chi connectivity index (χ1n) is 3.89. The quantitative estimate of drug-likeness (QED) is 0.599. The van der Waals surface area contributed by atoms with Gasteiger partial charge in [-0.15, -0.1) is 0 Å². The summed E-state index contributed by atoms with van der Waals surface area (Å²) in [5, 5.41) is 0. The lowest BCUT2D eigenvalue weighted by Gasteiger charge is -2.01. The number of hydrogen-bond donors (Lipinski definition) is 0. The van der Waals surface area contributed by atoms with Crippen molar-refractivity contribution in [3.8, 4) is 0 Å². The molecule has 1 heteroatoms. The second-order valence-corrected chi connectivity index (χ2v) is 2.49. The van der Waals surface area contributed by atoms with Crippen LogP contribution < -0.4 is 0 Å². The van der Waals surface area contributed by atoms with E-state index in [1.165, 1.54) is 5.56 Å². The molecule has 0 aliphatic rings. The highest BCUT2D eigenvalue weighted by molar-refractivity contribution is 5.56. The fourth-order valence-corrected chi connectivity index (χ4v) is 1.19. The van der Waals surface area contributed by atoms with E-state index < -0.39 is 0 Å². The van der Waals surface area contributed by atoms with E-state index >= 15 is 0 Å². The Kier molecular flexibility index (Phi) is 2.84.